The number of carbonyl (C=O) groups is 1. The van der Waals surface area contributed by atoms with Crippen LogP contribution < -0.4 is 10.1 Å². The summed E-state index contributed by atoms with van der Waals surface area (Å²) in [5, 5.41) is 8.86. The van der Waals surface area contributed by atoms with Crippen molar-refractivity contribution in [1.29, 1.82) is 0 Å². The van der Waals surface area contributed by atoms with Crippen LogP contribution in [0, 0.1) is 0 Å². The molecule has 0 radical (unpaired) electrons. The molecular formula is C18H18N6O2S. The maximum Gasteiger partial charge on any atom is 0.269 e. The Labute approximate surface area is 159 Å². The Morgan fingerprint density at radius 1 is 1.37 bits per heavy atom. The number of hydrogen-bond acceptors (Lipinski definition) is 6. The molecule has 27 heavy (non-hydrogen) atoms. The summed E-state index contributed by atoms with van der Waals surface area (Å²) in [5.74, 6) is 0.591. The van der Waals surface area contributed by atoms with Crippen molar-refractivity contribution in [2.75, 3.05) is 7.11 Å². The van der Waals surface area contributed by atoms with Gasteiger partial charge in [0.1, 0.15) is 24.1 Å². The number of amides is 1. The summed E-state index contributed by atoms with van der Waals surface area (Å²) in [4.78, 5) is 22.0. The average Bonchev–Trinajstić information content (AvgIpc) is 3.38. The molecule has 3 aromatic heterocycles. The number of fused-ring (bicyclic) bond motifs is 1. The van der Waals surface area contributed by atoms with Crippen molar-refractivity contribution in [3.63, 3.8) is 0 Å². The van der Waals surface area contributed by atoms with E-state index in [1.54, 1.807) is 18.1 Å². The number of nitrogens with zero attached hydrogens (tertiary/aromatic N) is 5. The monoisotopic (exact) mass is 382 g/mol. The second kappa shape index (κ2) is 7.20. The number of methoxy groups -OCH3 is 1. The molecule has 0 fully saturated rings. The number of thiazole rings is 1. The molecule has 3 heterocycles. The molecule has 0 aliphatic carbocycles. The molecule has 0 bridgehead atoms. The lowest BCUT2D eigenvalue weighted by Crippen LogP contribution is -2.36. The fourth-order valence-corrected chi connectivity index (χ4v) is 3.74. The molecule has 0 saturated carbocycles. The lowest BCUT2D eigenvalue weighted by Gasteiger charge is -2.13. The van der Waals surface area contributed by atoms with Gasteiger partial charge in [0, 0.05) is 23.2 Å². The first-order valence-corrected chi connectivity index (χ1v) is 9.27. The van der Waals surface area contributed by atoms with E-state index in [9.17, 15) is 4.79 Å². The molecule has 8 nitrogen and oxygen atoms in total. The van der Waals surface area contributed by atoms with Crippen LogP contribution in [0.25, 0.3) is 16.2 Å². The predicted molar refractivity (Wildman–Crippen MR) is 102 cm³/mol. The van der Waals surface area contributed by atoms with Crippen molar-refractivity contribution in [2.24, 2.45) is 0 Å². The van der Waals surface area contributed by atoms with E-state index in [4.69, 9.17) is 4.74 Å². The fraction of sp³-hybridized carbons (Fsp3) is 0.222. The smallest absolute Gasteiger partial charge is 0.269 e. The summed E-state index contributed by atoms with van der Waals surface area (Å²) in [6.07, 6.45) is 4.96. The first-order chi connectivity index (χ1) is 13.2. The maximum absolute atomic E-state index is 12.7. The standard InChI is InChI=1S/C18H18N6O2S/c1-12(7-23-11-19-10-20-23)21-17(25)15-9-27-18-22-14(8-24(15)18)13-5-3-4-6-16(13)26-2/h3-6,8-12H,7H2,1-2H3,(H,21,25)/t12-/m1/s1. The normalized spacial score (nSPS) is 12.2. The van der Waals surface area contributed by atoms with Gasteiger partial charge in [0.2, 0.25) is 0 Å². The average molecular weight is 382 g/mol. The molecule has 1 N–H and O–H groups in total. The number of benzene rings is 1. The van der Waals surface area contributed by atoms with Crippen LogP contribution in [0.5, 0.6) is 5.75 Å². The first kappa shape index (κ1) is 17.2. The Bertz CT molecular complexity index is 1070. The Morgan fingerprint density at radius 3 is 3.00 bits per heavy atom. The minimum atomic E-state index is -0.155. The van der Waals surface area contributed by atoms with Crippen molar-refractivity contribution < 1.29 is 9.53 Å². The van der Waals surface area contributed by atoms with E-state index < -0.39 is 0 Å². The van der Waals surface area contributed by atoms with E-state index >= 15 is 0 Å². The van der Waals surface area contributed by atoms with Crippen molar-refractivity contribution in [2.45, 2.75) is 19.5 Å². The topological polar surface area (TPSA) is 86.3 Å². The van der Waals surface area contributed by atoms with E-state index in [1.807, 2.05) is 47.2 Å². The van der Waals surface area contributed by atoms with Gasteiger partial charge in [-0.15, -0.1) is 11.3 Å². The van der Waals surface area contributed by atoms with Crippen LogP contribution in [-0.4, -0.2) is 43.2 Å². The SMILES string of the molecule is COc1ccccc1-c1cn2c(C(=O)N[C@H](C)Cn3cncn3)csc2n1. The number of rotatable bonds is 6. The molecular weight excluding hydrogens is 364 g/mol. The lowest BCUT2D eigenvalue weighted by molar-refractivity contribution is 0.0930. The van der Waals surface area contributed by atoms with Gasteiger partial charge in [-0.05, 0) is 19.1 Å². The second-order valence-electron chi connectivity index (χ2n) is 6.09. The van der Waals surface area contributed by atoms with E-state index in [0.29, 0.717) is 12.2 Å². The number of imidazole rings is 1. The molecule has 4 rings (SSSR count). The van der Waals surface area contributed by atoms with Crippen molar-refractivity contribution >= 4 is 22.2 Å². The number of aromatic nitrogens is 5. The molecule has 4 aromatic rings. The first-order valence-electron chi connectivity index (χ1n) is 8.39. The lowest BCUT2D eigenvalue weighted by atomic mass is 10.1. The molecule has 1 amide bonds. The largest absolute Gasteiger partial charge is 0.496 e. The van der Waals surface area contributed by atoms with E-state index in [-0.39, 0.29) is 11.9 Å². The number of nitrogens with one attached hydrogen (secondary N) is 1. The summed E-state index contributed by atoms with van der Waals surface area (Å²) in [6, 6.07) is 7.60. The van der Waals surface area contributed by atoms with Crippen molar-refractivity contribution in [3.8, 4) is 17.0 Å². The van der Waals surface area contributed by atoms with Gasteiger partial charge >= 0.3 is 0 Å². The zero-order chi connectivity index (χ0) is 18.8. The fourth-order valence-electron chi connectivity index (χ4n) is 2.88. The molecule has 1 aromatic carbocycles. The molecule has 0 aliphatic rings. The van der Waals surface area contributed by atoms with Gasteiger partial charge in [0.15, 0.2) is 4.96 Å². The van der Waals surface area contributed by atoms with E-state index in [1.165, 1.54) is 17.7 Å². The van der Waals surface area contributed by atoms with Gasteiger partial charge in [-0.25, -0.2) is 9.97 Å². The third kappa shape index (κ3) is 3.41. The van der Waals surface area contributed by atoms with E-state index in [0.717, 1.165) is 22.0 Å². The molecule has 0 saturated heterocycles. The third-order valence-corrected chi connectivity index (χ3v) is 4.97. The highest BCUT2D eigenvalue weighted by Gasteiger charge is 2.18. The van der Waals surface area contributed by atoms with Crippen LogP contribution >= 0.6 is 11.3 Å². The zero-order valence-electron chi connectivity index (χ0n) is 14.9. The van der Waals surface area contributed by atoms with Gasteiger partial charge in [0.25, 0.3) is 5.91 Å². The van der Waals surface area contributed by atoms with E-state index in [2.05, 4.69) is 20.4 Å². The van der Waals surface area contributed by atoms with Gasteiger partial charge in [-0.2, -0.15) is 5.10 Å². The summed E-state index contributed by atoms with van der Waals surface area (Å²) in [5.41, 5.74) is 2.21. The Morgan fingerprint density at radius 2 is 2.22 bits per heavy atom. The minimum Gasteiger partial charge on any atom is -0.496 e. The summed E-state index contributed by atoms with van der Waals surface area (Å²) >= 11 is 1.43. The minimum absolute atomic E-state index is 0.0913. The van der Waals surface area contributed by atoms with Crippen LogP contribution in [0.2, 0.25) is 0 Å². The quantitative estimate of drug-likeness (QED) is 0.554. The highest BCUT2D eigenvalue weighted by molar-refractivity contribution is 7.15. The molecule has 0 unspecified atom stereocenters. The molecule has 0 aliphatic heterocycles. The Kier molecular flexibility index (Phi) is 4.59. The Balaban J connectivity index is 1.57. The molecule has 1 atom stereocenters. The zero-order valence-corrected chi connectivity index (χ0v) is 15.7. The summed E-state index contributed by atoms with van der Waals surface area (Å²) < 4.78 is 8.91. The van der Waals surface area contributed by atoms with Gasteiger partial charge in [-0.3, -0.25) is 13.9 Å². The van der Waals surface area contributed by atoms with Gasteiger partial charge in [-0.1, -0.05) is 12.1 Å². The van der Waals surface area contributed by atoms with Gasteiger partial charge in [0.05, 0.1) is 19.3 Å². The van der Waals surface area contributed by atoms with Crippen LogP contribution in [0.3, 0.4) is 0 Å². The van der Waals surface area contributed by atoms with Crippen LogP contribution in [0.4, 0.5) is 0 Å². The Hall–Kier alpha value is -3.20. The number of carbonyl (C=O) groups excluding carboxylic acids is 1. The van der Waals surface area contributed by atoms with Crippen molar-refractivity contribution in [1.82, 2.24) is 29.5 Å². The highest BCUT2D eigenvalue weighted by Crippen LogP contribution is 2.30. The molecule has 9 heteroatoms. The number of hydrogen-bond donors (Lipinski definition) is 1. The number of para-hydroxylation sites is 1. The third-order valence-electron chi connectivity index (χ3n) is 4.13. The highest BCUT2D eigenvalue weighted by atomic mass is 32.1. The maximum atomic E-state index is 12.7. The van der Waals surface area contributed by atoms with Crippen LogP contribution in [0.1, 0.15) is 17.4 Å². The predicted octanol–water partition coefficient (Wildman–Crippen LogP) is 2.48. The molecule has 0 spiro atoms. The van der Waals surface area contributed by atoms with Crippen molar-refractivity contribution in [3.05, 3.63) is 54.2 Å². The molecule has 138 valence electrons. The summed E-state index contributed by atoms with van der Waals surface area (Å²) in [6.45, 7) is 2.48. The summed E-state index contributed by atoms with van der Waals surface area (Å²) in [7, 11) is 1.63. The van der Waals surface area contributed by atoms with Crippen LogP contribution in [0.15, 0.2) is 48.5 Å². The van der Waals surface area contributed by atoms with Gasteiger partial charge < -0.3 is 10.1 Å². The number of ether oxygens (including phenoxy) is 1. The second-order valence-corrected chi connectivity index (χ2v) is 6.93. The van der Waals surface area contributed by atoms with Crippen LogP contribution in [-0.2, 0) is 6.54 Å².